The van der Waals surface area contributed by atoms with Gasteiger partial charge in [-0.3, -0.25) is 24.1 Å². The lowest BCUT2D eigenvalue weighted by molar-refractivity contribution is -0.384. The molecule has 1 aliphatic rings. The number of fused-ring (bicyclic) bond motifs is 1. The molecule has 10 heteroatoms. The number of nitrogens with zero attached hydrogens (tertiary/aromatic N) is 5. The van der Waals surface area contributed by atoms with E-state index >= 15 is 0 Å². The summed E-state index contributed by atoms with van der Waals surface area (Å²) >= 11 is 0. The number of amides is 1. The Morgan fingerprint density at radius 2 is 1.91 bits per heavy atom. The van der Waals surface area contributed by atoms with Gasteiger partial charge < -0.3 is 14.9 Å². The van der Waals surface area contributed by atoms with Gasteiger partial charge in [0.15, 0.2) is 5.76 Å². The monoisotopic (exact) mass is 477 g/mol. The highest BCUT2D eigenvalue weighted by molar-refractivity contribution is 6.46. The number of ketones is 1. The third kappa shape index (κ3) is 4.28. The smallest absolute Gasteiger partial charge is 0.295 e. The molecule has 4 rings (SSSR count). The van der Waals surface area contributed by atoms with Crippen molar-refractivity contribution in [1.82, 2.24) is 19.2 Å². The van der Waals surface area contributed by atoms with Crippen LogP contribution in [-0.4, -0.2) is 67.1 Å². The summed E-state index contributed by atoms with van der Waals surface area (Å²) in [5, 5.41) is 22.9. The topological polar surface area (TPSA) is 121 Å². The Kier molecular flexibility index (Phi) is 6.65. The van der Waals surface area contributed by atoms with Crippen molar-refractivity contribution in [2.24, 2.45) is 0 Å². The first-order chi connectivity index (χ1) is 16.8. The number of non-ortho nitro benzene ring substituents is 1. The lowest BCUT2D eigenvalue weighted by Crippen LogP contribution is -2.38. The van der Waals surface area contributed by atoms with Crippen molar-refractivity contribution in [3.8, 4) is 0 Å². The number of imidazole rings is 1. The van der Waals surface area contributed by atoms with Crippen LogP contribution < -0.4 is 0 Å². The highest BCUT2D eigenvalue weighted by Gasteiger charge is 2.46. The zero-order valence-electron chi connectivity index (χ0n) is 19.8. The van der Waals surface area contributed by atoms with Gasteiger partial charge in [0.1, 0.15) is 11.3 Å². The Bertz CT molecular complexity index is 1340. The van der Waals surface area contributed by atoms with E-state index in [0.29, 0.717) is 29.1 Å². The third-order valence-electron chi connectivity index (χ3n) is 6.42. The minimum absolute atomic E-state index is 0.108. The molecule has 0 aliphatic carbocycles. The largest absolute Gasteiger partial charge is 0.505 e. The van der Waals surface area contributed by atoms with Gasteiger partial charge >= 0.3 is 0 Å². The van der Waals surface area contributed by atoms with Gasteiger partial charge in [-0.1, -0.05) is 32.0 Å². The van der Waals surface area contributed by atoms with Crippen LogP contribution in [0.3, 0.4) is 0 Å². The summed E-state index contributed by atoms with van der Waals surface area (Å²) in [7, 11) is 0. The standard InChI is InChI=1S/C25H27N5O5/c1-4-27(5-2)13-14-29-22(17-9-8-10-18(15-17)30(34)35)20(24(32)25(29)33)23(31)21-16(3)26-19-11-6-7-12-28(19)21/h6-12,15,22,31H,4-5,13-14H2,1-3H3/b23-20-. The zero-order chi connectivity index (χ0) is 25.3. The molecule has 1 N–H and O–H groups in total. The number of carbonyl (C=O) groups is 2. The van der Waals surface area contributed by atoms with Crippen LogP contribution in [-0.2, 0) is 9.59 Å². The Morgan fingerprint density at radius 1 is 1.17 bits per heavy atom. The summed E-state index contributed by atoms with van der Waals surface area (Å²) in [5.74, 6) is -1.94. The molecule has 2 aromatic heterocycles. The Balaban J connectivity index is 1.91. The number of nitro benzene ring substituents is 1. The van der Waals surface area contributed by atoms with E-state index in [2.05, 4.69) is 9.88 Å². The summed E-state index contributed by atoms with van der Waals surface area (Å²) in [6, 6.07) is 10.2. The molecule has 1 saturated heterocycles. The molecule has 3 heterocycles. The fourth-order valence-corrected chi connectivity index (χ4v) is 4.58. The van der Waals surface area contributed by atoms with Crippen LogP contribution in [0.4, 0.5) is 5.69 Å². The fraction of sp³-hybridized carbons (Fsp3) is 0.320. The van der Waals surface area contributed by atoms with E-state index in [9.17, 15) is 24.8 Å². The molecule has 1 unspecified atom stereocenters. The van der Waals surface area contributed by atoms with Gasteiger partial charge in [0.2, 0.25) is 0 Å². The van der Waals surface area contributed by atoms with Gasteiger partial charge in [-0.05, 0) is 37.7 Å². The van der Waals surface area contributed by atoms with Crippen molar-refractivity contribution in [2.75, 3.05) is 26.2 Å². The molecule has 35 heavy (non-hydrogen) atoms. The minimum atomic E-state index is -0.973. The molecule has 1 aromatic carbocycles. The number of pyridine rings is 1. The summed E-state index contributed by atoms with van der Waals surface area (Å²) < 4.78 is 1.65. The van der Waals surface area contributed by atoms with Crippen LogP contribution in [0.5, 0.6) is 0 Å². The van der Waals surface area contributed by atoms with E-state index in [1.54, 1.807) is 41.8 Å². The number of aliphatic hydroxyl groups is 1. The Labute approximate surface area is 202 Å². The van der Waals surface area contributed by atoms with Crippen molar-refractivity contribution in [2.45, 2.75) is 26.8 Å². The van der Waals surface area contributed by atoms with E-state index in [1.165, 1.54) is 23.1 Å². The van der Waals surface area contributed by atoms with Crippen LogP contribution in [0, 0.1) is 17.0 Å². The molecule has 0 radical (unpaired) electrons. The van der Waals surface area contributed by atoms with Crippen LogP contribution in [0.2, 0.25) is 0 Å². The van der Waals surface area contributed by atoms with Gasteiger partial charge in [0.05, 0.1) is 22.2 Å². The van der Waals surface area contributed by atoms with Gasteiger partial charge in [-0.25, -0.2) is 4.98 Å². The minimum Gasteiger partial charge on any atom is -0.505 e. The number of aryl methyl sites for hydroxylation is 1. The predicted octanol–water partition coefficient (Wildman–Crippen LogP) is 3.31. The van der Waals surface area contributed by atoms with E-state index in [-0.39, 0.29) is 23.6 Å². The van der Waals surface area contributed by atoms with Crippen LogP contribution in [0.1, 0.15) is 36.8 Å². The Morgan fingerprint density at radius 3 is 2.60 bits per heavy atom. The number of benzene rings is 1. The van der Waals surface area contributed by atoms with Crippen molar-refractivity contribution in [1.29, 1.82) is 0 Å². The molecule has 1 amide bonds. The second-order valence-corrected chi connectivity index (χ2v) is 8.35. The maximum Gasteiger partial charge on any atom is 0.295 e. The normalized spacial score (nSPS) is 17.6. The molecule has 182 valence electrons. The van der Waals surface area contributed by atoms with Crippen molar-refractivity contribution >= 4 is 28.8 Å². The fourth-order valence-electron chi connectivity index (χ4n) is 4.58. The predicted molar refractivity (Wildman–Crippen MR) is 130 cm³/mol. The maximum absolute atomic E-state index is 13.3. The first-order valence-corrected chi connectivity index (χ1v) is 11.5. The molecule has 3 aromatic rings. The van der Waals surface area contributed by atoms with Crippen LogP contribution in [0.15, 0.2) is 54.2 Å². The number of Topliss-reactive ketones (excluding diaryl/α,β-unsaturated/α-hetero) is 1. The summed E-state index contributed by atoms with van der Waals surface area (Å²) in [6.07, 6.45) is 1.71. The number of likely N-dealkylation sites (N-methyl/N-ethyl adjacent to an activating group) is 1. The van der Waals surface area contributed by atoms with E-state index in [0.717, 1.165) is 13.1 Å². The molecular weight excluding hydrogens is 450 g/mol. The maximum atomic E-state index is 13.3. The number of nitro groups is 1. The number of hydrogen-bond donors (Lipinski definition) is 1. The lowest BCUT2D eigenvalue weighted by atomic mass is 9.96. The molecule has 1 aliphatic heterocycles. The summed E-state index contributed by atoms with van der Waals surface area (Å²) in [4.78, 5) is 45.4. The number of carbonyl (C=O) groups excluding carboxylic acids is 2. The van der Waals surface area contributed by atoms with E-state index < -0.39 is 22.7 Å². The van der Waals surface area contributed by atoms with E-state index in [4.69, 9.17) is 0 Å². The second-order valence-electron chi connectivity index (χ2n) is 8.35. The molecule has 0 bridgehead atoms. The first kappa shape index (κ1) is 24.1. The average Bonchev–Trinajstić information content (AvgIpc) is 3.32. The summed E-state index contributed by atoms with van der Waals surface area (Å²) in [5.41, 5.74) is 1.48. The van der Waals surface area contributed by atoms with Crippen molar-refractivity contribution in [3.63, 3.8) is 0 Å². The third-order valence-corrected chi connectivity index (χ3v) is 6.42. The van der Waals surface area contributed by atoms with Gasteiger partial charge in [0.25, 0.3) is 17.4 Å². The highest BCUT2D eigenvalue weighted by Crippen LogP contribution is 2.40. The van der Waals surface area contributed by atoms with Crippen molar-refractivity contribution in [3.05, 3.63) is 81.3 Å². The highest BCUT2D eigenvalue weighted by atomic mass is 16.6. The molecule has 10 nitrogen and oxygen atoms in total. The SMILES string of the molecule is CCN(CC)CCN1C(=O)C(=O)/C(=C(\O)c2c(C)nc3ccccn23)C1c1cccc([N+](=O)[O-])c1. The summed E-state index contributed by atoms with van der Waals surface area (Å²) in [6.45, 7) is 7.99. The van der Waals surface area contributed by atoms with Gasteiger partial charge in [-0.15, -0.1) is 0 Å². The average molecular weight is 478 g/mol. The van der Waals surface area contributed by atoms with Crippen molar-refractivity contribution < 1.29 is 19.6 Å². The van der Waals surface area contributed by atoms with Gasteiger partial charge in [0, 0.05) is 31.4 Å². The number of aromatic nitrogens is 2. The first-order valence-electron chi connectivity index (χ1n) is 11.5. The number of rotatable bonds is 8. The molecule has 0 saturated carbocycles. The molecule has 1 atom stereocenters. The molecule has 0 spiro atoms. The van der Waals surface area contributed by atoms with Gasteiger partial charge in [-0.2, -0.15) is 0 Å². The quantitative estimate of drug-likeness (QED) is 0.174. The van der Waals surface area contributed by atoms with Crippen LogP contribution in [0.25, 0.3) is 11.4 Å². The Hall–Kier alpha value is -4.05. The second kappa shape index (κ2) is 9.67. The molecule has 1 fully saturated rings. The number of hydrogen-bond acceptors (Lipinski definition) is 7. The number of likely N-dealkylation sites (tertiary alicyclic amines) is 1. The van der Waals surface area contributed by atoms with E-state index in [1.807, 2.05) is 13.8 Å². The lowest BCUT2D eigenvalue weighted by Gasteiger charge is -2.28. The molecular formula is C25H27N5O5. The zero-order valence-corrected chi connectivity index (χ0v) is 19.8. The number of aliphatic hydroxyl groups excluding tert-OH is 1. The van der Waals surface area contributed by atoms with Crippen LogP contribution >= 0.6 is 0 Å².